The Kier molecular flexibility index (Phi) is 4.74. The topological polar surface area (TPSA) is 60.7 Å². The fraction of sp³-hybridized carbons (Fsp3) is 0.231. The predicted octanol–water partition coefficient (Wildman–Crippen LogP) is 4.16. The van der Waals surface area contributed by atoms with Gasteiger partial charge in [0.2, 0.25) is 0 Å². The van der Waals surface area contributed by atoms with E-state index in [1.165, 1.54) is 11.3 Å². The van der Waals surface area contributed by atoms with Crippen molar-refractivity contribution in [3.8, 4) is 11.8 Å². The predicted molar refractivity (Wildman–Crippen MR) is 126 cm³/mol. The first kappa shape index (κ1) is 18.9. The maximum absolute atomic E-state index is 5.99. The normalized spacial score (nSPS) is 16.4. The average Bonchev–Trinajstić information content (AvgIpc) is 3.41. The summed E-state index contributed by atoms with van der Waals surface area (Å²) < 4.78 is 5.99. The molecule has 0 bridgehead atoms. The summed E-state index contributed by atoms with van der Waals surface area (Å²) in [5, 5.41) is 1.14. The second-order valence-electron chi connectivity index (χ2n) is 8.32. The molecule has 32 heavy (non-hydrogen) atoms. The number of para-hydroxylation sites is 3. The molecule has 0 aliphatic carbocycles. The average molecular weight is 422 g/mol. The Balaban J connectivity index is 1.09. The highest BCUT2D eigenvalue weighted by Crippen LogP contribution is 2.25. The van der Waals surface area contributed by atoms with E-state index in [1.807, 2.05) is 48.8 Å². The first-order valence-electron chi connectivity index (χ1n) is 10.9. The van der Waals surface area contributed by atoms with Crippen molar-refractivity contribution in [3.05, 3.63) is 77.5 Å². The summed E-state index contributed by atoms with van der Waals surface area (Å²) in [6.07, 6.45) is 2.93. The van der Waals surface area contributed by atoms with Gasteiger partial charge in [0.25, 0.3) is 0 Å². The molecule has 4 aromatic rings. The fourth-order valence-electron chi connectivity index (χ4n) is 4.41. The number of hydrogen-bond acceptors (Lipinski definition) is 5. The molecule has 0 unspecified atom stereocenters. The van der Waals surface area contributed by atoms with E-state index in [4.69, 9.17) is 9.41 Å². The first-order chi connectivity index (χ1) is 15.8. The van der Waals surface area contributed by atoms with Gasteiger partial charge in [-0.05, 0) is 35.8 Å². The molecular weight excluding hydrogens is 398 g/mol. The van der Waals surface area contributed by atoms with Crippen LogP contribution in [-0.2, 0) is 6.54 Å². The number of H-pyrrole nitrogens is 1. The number of nitrogens with zero attached hydrogens (tertiary/aromatic N) is 4. The molecule has 0 amide bonds. The van der Waals surface area contributed by atoms with Gasteiger partial charge in [0.05, 0.1) is 30.5 Å². The number of fused-ring (bicyclic) bond motifs is 2. The minimum absolute atomic E-state index is 0.723. The largest absolute Gasteiger partial charge is 0.459 e. The van der Waals surface area contributed by atoms with Crippen LogP contribution in [0, 0.1) is 11.8 Å². The summed E-state index contributed by atoms with van der Waals surface area (Å²) >= 11 is 0. The summed E-state index contributed by atoms with van der Waals surface area (Å²) in [5.74, 6) is 8.16. The molecule has 0 atom stereocenters. The van der Waals surface area contributed by atoms with Crippen molar-refractivity contribution in [3.63, 3.8) is 0 Å². The Bertz CT molecular complexity index is 1350. The van der Waals surface area contributed by atoms with E-state index in [2.05, 4.69) is 43.7 Å². The zero-order chi connectivity index (χ0) is 21.3. The van der Waals surface area contributed by atoms with Crippen molar-refractivity contribution in [1.82, 2.24) is 19.8 Å². The molecule has 6 nitrogen and oxygen atoms in total. The summed E-state index contributed by atoms with van der Waals surface area (Å²) in [4.78, 5) is 17.1. The monoisotopic (exact) mass is 421 g/mol. The minimum Gasteiger partial charge on any atom is -0.459 e. The zero-order valence-electron chi connectivity index (χ0n) is 17.7. The van der Waals surface area contributed by atoms with Gasteiger partial charge in [0.15, 0.2) is 5.82 Å². The van der Waals surface area contributed by atoms with E-state index in [-0.39, 0.29) is 0 Å². The molecule has 6 heteroatoms. The van der Waals surface area contributed by atoms with Gasteiger partial charge in [-0.3, -0.25) is 4.90 Å². The number of aromatic amines is 1. The molecule has 0 saturated heterocycles. The number of imidazole rings is 1. The SMILES string of the molecule is C(#Cc1nc2ccccc2[nH]1)CN1CCC2=C(CN(Cc3cc4ccccc4o3)C=N2)C1. The number of aromatic nitrogens is 2. The molecule has 0 fully saturated rings. The third-order valence-corrected chi connectivity index (χ3v) is 5.99. The molecule has 4 heterocycles. The molecule has 6 rings (SSSR count). The van der Waals surface area contributed by atoms with Crippen molar-refractivity contribution in [2.24, 2.45) is 4.99 Å². The second kappa shape index (κ2) is 8.03. The molecule has 0 saturated carbocycles. The molecule has 2 aliphatic rings. The Labute approximate surface area is 186 Å². The number of hydrogen-bond donors (Lipinski definition) is 1. The van der Waals surface area contributed by atoms with Crippen molar-refractivity contribution in [2.45, 2.75) is 13.0 Å². The molecule has 1 N–H and O–H groups in total. The summed E-state index contributed by atoms with van der Waals surface area (Å²) in [6.45, 7) is 4.21. The lowest BCUT2D eigenvalue weighted by atomic mass is 10.0. The second-order valence-corrected chi connectivity index (χ2v) is 8.32. The van der Waals surface area contributed by atoms with Crippen LogP contribution in [0.15, 0.2) is 75.3 Å². The number of benzene rings is 2. The Morgan fingerprint density at radius 3 is 2.91 bits per heavy atom. The van der Waals surface area contributed by atoms with Gasteiger partial charge in [-0.25, -0.2) is 9.98 Å². The van der Waals surface area contributed by atoms with Crippen LogP contribution >= 0.6 is 0 Å². The van der Waals surface area contributed by atoms with Crippen molar-refractivity contribution in [2.75, 3.05) is 26.2 Å². The molecule has 2 aromatic carbocycles. The van der Waals surface area contributed by atoms with Crippen molar-refractivity contribution < 1.29 is 4.42 Å². The molecular formula is C26H23N5O. The Morgan fingerprint density at radius 2 is 1.97 bits per heavy atom. The highest BCUT2D eigenvalue weighted by atomic mass is 16.3. The molecule has 0 radical (unpaired) electrons. The summed E-state index contributed by atoms with van der Waals surface area (Å²) in [5.41, 5.74) is 5.51. The maximum atomic E-state index is 5.99. The van der Waals surface area contributed by atoms with Crippen LogP contribution in [0.5, 0.6) is 0 Å². The van der Waals surface area contributed by atoms with Crippen LogP contribution in [0.4, 0.5) is 0 Å². The van der Waals surface area contributed by atoms with Gasteiger partial charge in [-0.15, -0.1) is 0 Å². The van der Waals surface area contributed by atoms with Gasteiger partial charge in [0.1, 0.15) is 11.3 Å². The van der Waals surface area contributed by atoms with Gasteiger partial charge in [-0.2, -0.15) is 0 Å². The number of nitrogens with one attached hydrogen (secondary N) is 1. The lowest BCUT2D eigenvalue weighted by Crippen LogP contribution is -2.38. The van der Waals surface area contributed by atoms with E-state index in [0.717, 1.165) is 72.7 Å². The quantitative estimate of drug-likeness (QED) is 0.505. The van der Waals surface area contributed by atoms with E-state index >= 15 is 0 Å². The van der Waals surface area contributed by atoms with E-state index < -0.39 is 0 Å². The van der Waals surface area contributed by atoms with Crippen molar-refractivity contribution in [1.29, 1.82) is 0 Å². The maximum Gasteiger partial charge on any atom is 0.183 e. The van der Waals surface area contributed by atoms with E-state index in [9.17, 15) is 0 Å². The third-order valence-electron chi connectivity index (χ3n) is 5.99. The highest BCUT2D eigenvalue weighted by molar-refractivity contribution is 5.78. The summed E-state index contributed by atoms with van der Waals surface area (Å²) in [7, 11) is 0. The lowest BCUT2D eigenvalue weighted by molar-refractivity contribution is 0.297. The lowest BCUT2D eigenvalue weighted by Gasteiger charge is -2.33. The van der Waals surface area contributed by atoms with E-state index in [0.29, 0.717) is 0 Å². The first-order valence-corrected chi connectivity index (χ1v) is 10.9. The van der Waals surface area contributed by atoms with Gasteiger partial charge in [-0.1, -0.05) is 36.3 Å². The van der Waals surface area contributed by atoms with Gasteiger partial charge in [0, 0.05) is 37.1 Å². The zero-order valence-corrected chi connectivity index (χ0v) is 17.7. The van der Waals surface area contributed by atoms with Gasteiger partial charge >= 0.3 is 0 Å². The van der Waals surface area contributed by atoms with Gasteiger partial charge < -0.3 is 14.3 Å². The van der Waals surface area contributed by atoms with Crippen LogP contribution in [0.1, 0.15) is 18.0 Å². The fourth-order valence-corrected chi connectivity index (χ4v) is 4.41. The third kappa shape index (κ3) is 3.79. The highest BCUT2D eigenvalue weighted by Gasteiger charge is 2.23. The van der Waals surface area contributed by atoms with Crippen LogP contribution in [0.2, 0.25) is 0 Å². The molecule has 2 aromatic heterocycles. The smallest absolute Gasteiger partial charge is 0.183 e. The number of furan rings is 1. The number of aliphatic imine (C=N–C) groups is 1. The molecule has 2 aliphatic heterocycles. The standard InChI is InChI=1S/C26H23N5O/c1-4-9-25-19(6-1)14-21(32-25)17-31-16-20-15-30(13-11-22(20)27-18-31)12-5-10-26-28-23-7-2-3-8-24(23)29-26/h1-4,6-9,14,18H,11-13,15-17H2,(H,28,29). The minimum atomic E-state index is 0.723. The Morgan fingerprint density at radius 1 is 1.06 bits per heavy atom. The van der Waals surface area contributed by atoms with Crippen LogP contribution in [-0.4, -0.2) is 52.3 Å². The van der Waals surface area contributed by atoms with E-state index in [1.54, 1.807) is 0 Å². The van der Waals surface area contributed by atoms with Crippen LogP contribution in [0.3, 0.4) is 0 Å². The van der Waals surface area contributed by atoms with Crippen LogP contribution in [0.25, 0.3) is 22.0 Å². The number of rotatable bonds is 3. The van der Waals surface area contributed by atoms with Crippen LogP contribution < -0.4 is 0 Å². The summed E-state index contributed by atoms with van der Waals surface area (Å²) in [6, 6.07) is 18.3. The molecule has 158 valence electrons. The Hall–Kier alpha value is -3.82. The molecule has 0 spiro atoms. The van der Waals surface area contributed by atoms with Crippen molar-refractivity contribution >= 4 is 28.3 Å².